The number of hydrogen-bond acceptors (Lipinski definition) is 2. The van der Waals surface area contributed by atoms with Gasteiger partial charge in [0.05, 0.1) is 6.10 Å². The summed E-state index contributed by atoms with van der Waals surface area (Å²) in [6, 6.07) is 14.2. The summed E-state index contributed by atoms with van der Waals surface area (Å²) in [5, 5.41) is 9.58. The van der Waals surface area contributed by atoms with Gasteiger partial charge >= 0.3 is 5.92 Å². The van der Waals surface area contributed by atoms with Gasteiger partial charge in [-0.1, -0.05) is 48.5 Å². The van der Waals surface area contributed by atoms with Crippen molar-refractivity contribution in [2.75, 3.05) is 6.61 Å². The van der Waals surface area contributed by atoms with Gasteiger partial charge in [-0.15, -0.1) is 0 Å². The molecular weight excluding hydrogens is 262 g/mol. The van der Waals surface area contributed by atoms with Crippen LogP contribution < -0.4 is 4.74 Å². The van der Waals surface area contributed by atoms with Crippen LogP contribution >= 0.6 is 0 Å². The lowest BCUT2D eigenvalue weighted by molar-refractivity contribution is -0.0473. The largest absolute Gasteiger partial charge is 0.487 e. The molecule has 0 heterocycles. The number of rotatable bonds is 5. The van der Waals surface area contributed by atoms with Crippen molar-refractivity contribution in [2.45, 2.75) is 19.0 Å². The van der Waals surface area contributed by atoms with Crippen molar-refractivity contribution in [1.29, 1.82) is 0 Å². The monoisotopic (exact) mass is 278 g/mol. The maximum absolute atomic E-state index is 14.0. The Hall–Kier alpha value is -1.94. The van der Waals surface area contributed by atoms with Crippen LogP contribution in [0.5, 0.6) is 5.75 Å². The van der Waals surface area contributed by atoms with Crippen LogP contribution in [0.4, 0.5) is 8.78 Å². The van der Waals surface area contributed by atoms with Crippen LogP contribution in [-0.2, 0) is 5.92 Å². The second-order valence-corrected chi connectivity index (χ2v) is 4.57. The van der Waals surface area contributed by atoms with Crippen molar-refractivity contribution < 1.29 is 18.6 Å². The first-order chi connectivity index (χ1) is 9.50. The molecule has 20 heavy (non-hydrogen) atoms. The van der Waals surface area contributed by atoms with E-state index in [4.69, 9.17) is 4.74 Å². The molecule has 2 rings (SSSR count). The molecule has 4 heteroatoms. The quantitative estimate of drug-likeness (QED) is 0.898. The van der Waals surface area contributed by atoms with Crippen molar-refractivity contribution in [1.82, 2.24) is 0 Å². The number of halogens is 2. The fraction of sp³-hybridized carbons (Fsp3) is 0.250. The number of hydrogen-bond donors (Lipinski definition) is 1. The van der Waals surface area contributed by atoms with Gasteiger partial charge in [0.2, 0.25) is 0 Å². The van der Waals surface area contributed by atoms with Gasteiger partial charge in [-0.25, -0.2) is 0 Å². The molecule has 1 N–H and O–H groups in total. The molecule has 0 bridgehead atoms. The fourth-order valence-corrected chi connectivity index (χ4v) is 1.89. The molecule has 0 radical (unpaired) electrons. The Morgan fingerprint density at radius 2 is 1.65 bits per heavy atom. The first-order valence-corrected chi connectivity index (χ1v) is 6.34. The van der Waals surface area contributed by atoms with Gasteiger partial charge in [0.15, 0.2) is 6.61 Å². The van der Waals surface area contributed by atoms with Crippen molar-refractivity contribution in [3.8, 4) is 5.75 Å². The van der Waals surface area contributed by atoms with Crippen molar-refractivity contribution in [2.24, 2.45) is 0 Å². The Labute approximate surface area is 116 Å². The van der Waals surface area contributed by atoms with Gasteiger partial charge < -0.3 is 9.84 Å². The van der Waals surface area contributed by atoms with Crippen molar-refractivity contribution >= 4 is 0 Å². The number of benzene rings is 2. The SMILES string of the molecule is C[C@H](O)c1ccccc1OCC(F)(F)c1ccccc1. The summed E-state index contributed by atoms with van der Waals surface area (Å²) < 4.78 is 33.2. The van der Waals surface area contributed by atoms with Gasteiger partial charge in [0, 0.05) is 11.1 Å². The van der Waals surface area contributed by atoms with Crippen LogP contribution in [0.25, 0.3) is 0 Å². The summed E-state index contributed by atoms with van der Waals surface area (Å²) in [7, 11) is 0. The minimum Gasteiger partial charge on any atom is -0.487 e. The van der Waals surface area contributed by atoms with E-state index >= 15 is 0 Å². The van der Waals surface area contributed by atoms with Crippen molar-refractivity contribution in [3.63, 3.8) is 0 Å². The Bertz CT molecular complexity index is 553. The summed E-state index contributed by atoms with van der Waals surface area (Å²) in [6.45, 7) is 0.804. The Kier molecular flexibility index (Phi) is 4.35. The number of ether oxygens (including phenoxy) is 1. The lowest BCUT2D eigenvalue weighted by Gasteiger charge is -2.19. The molecule has 106 valence electrons. The molecule has 0 saturated heterocycles. The molecule has 0 aliphatic carbocycles. The molecule has 0 aliphatic rings. The highest BCUT2D eigenvalue weighted by atomic mass is 19.3. The topological polar surface area (TPSA) is 29.5 Å². The van der Waals surface area contributed by atoms with Gasteiger partial charge in [0.25, 0.3) is 0 Å². The minimum absolute atomic E-state index is 0.0884. The zero-order chi connectivity index (χ0) is 14.6. The summed E-state index contributed by atoms with van der Waals surface area (Å²) in [5.41, 5.74) is 0.408. The maximum Gasteiger partial charge on any atom is 0.306 e. The van der Waals surface area contributed by atoms with E-state index in [0.717, 1.165) is 0 Å². The third kappa shape index (κ3) is 3.33. The highest BCUT2D eigenvalue weighted by molar-refractivity contribution is 5.35. The molecule has 2 aromatic carbocycles. The maximum atomic E-state index is 14.0. The third-order valence-electron chi connectivity index (χ3n) is 2.97. The zero-order valence-corrected chi connectivity index (χ0v) is 11.1. The lowest BCUT2D eigenvalue weighted by Crippen LogP contribution is -2.23. The smallest absolute Gasteiger partial charge is 0.306 e. The highest BCUT2D eigenvalue weighted by Crippen LogP contribution is 2.31. The molecule has 0 amide bonds. The van der Waals surface area contributed by atoms with Crippen LogP contribution in [0.2, 0.25) is 0 Å². The molecule has 1 atom stereocenters. The molecular formula is C16H16F2O2. The molecule has 0 aliphatic heterocycles. The normalized spacial score (nSPS) is 13.0. The Morgan fingerprint density at radius 1 is 1.05 bits per heavy atom. The predicted molar refractivity (Wildman–Crippen MR) is 72.9 cm³/mol. The fourth-order valence-electron chi connectivity index (χ4n) is 1.89. The van der Waals surface area contributed by atoms with Gasteiger partial charge in [-0.2, -0.15) is 8.78 Å². The zero-order valence-electron chi connectivity index (χ0n) is 11.1. The number of alkyl halides is 2. The summed E-state index contributed by atoms with van der Waals surface area (Å²) in [5.74, 6) is -2.80. The van der Waals surface area contributed by atoms with Crippen molar-refractivity contribution in [3.05, 3.63) is 65.7 Å². The van der Waals surface area contributed by atoms with E-state index in [-0.39, 0.29) is 11.3 Å². The molecule has 0 saturated carbocycles. The van der Waals surface area contributed by atoms with E-state index in [1.165, 1.54) is 12.1 Å². The average molecular weight is 278 g/mol. The molecule has 2 aromatic rings. The van der Waals surface area contributed by atoms with Gasteiger partial charge in [0.1, 0.15) is 5.75 Å². The lowest BCUT2D eigenvalue weighted by atomic mass is 10.1. The predicted octanol–water partition coefficient (Wildman–Crippen LogP) is 3.91. The minimum atomic E-state index is -3.08. The highest BCUT2D eigenvalue weighted by Gasteiger charge is 2.32. The van der Waals surface area contributed by atoms with E-state index in [9.17, 15) is 13.9 Å². The van der Waals surface area contributed by atoms with Gasteiger partial charge in [-0.3, -0.25) is 0 Å². The van der Waals surface area contributed by atoms with Crippen LogP contribution in [0.15, 0.2) is 54.6 Å². The molecule has 0 aromatic heterocycles. The van der Waals surface area contributed by atoms with E-state index in [0.29, 0.717) is 5.56 Å². The molecule has 0 fully saturated rings. The van der Waals surface area contributed by atoms with E-state index in [2.05, 4.69) is 0 Å². The van der Waals surface area contributed by atoms with E-state index in [1.54, 1.807) is 49.4 Å². The Balaban J connectivity index is 2.13. The molecule has 2 nitrogen and oxygen atoms in total. The molecule has 0 spiro atoms. The number of aliphatic hydroxyl groups excluding tert-OH is 1. The van der Waals surface area contributed by atoms with Crippen LogP contribution in [0, 0.1) is 0 Å². The number of aliphatic hydroxyl groups is 1. The Morgan fingerprint density at radius 3 is 2.30 bits per heavy atom. The average Bonchev–Trinajstić information content (AvgIpc) is 2.46. The van der Waals surface area contributed by atoms with Crippen LogP contribution in [0.1, 0.15) is 24.2 Å². The standard InChI is InChI=1S/C16H16F2O2/c1-12(19)14-9-5-6-10-15(14)20-11-16(17,18)13-7-3-2-4-8-13/h2-10,12,19H,11H2,1H3/t12-/m0/s1. The summed E-state index contributed by atoms with van der Waals surface area (Å²) in [4.78, 5) is 0. The summed E-state index contributed by atoms with van der Waals surface area (Å²) in [6.07, 6.45) is -0.767. The molecule has 0 unspecified atom stereocenters. The second-order valence-electron chi connectivity index (χ2n) is 4.57. The van der Waals surface area contributed by atoms with Crippen LogP contribution in [0.3, 0.4) is 0 Å². The summed E-state index contributed by atoms with van der Waals surface area (Å²) >= 11 is 0. The van der Waals surface area contributed by atoms with Gasteiger partial charge in [-0.05, 0) is 13.0 Å². The second kappa shape index (κ2) is 6.01. The van der Waals surface area contributed by atoms with Crippen LogP contribution in [-0.4, -0.2) is 11.7 Å². The number of para-hydroxylation sites is 1. The third-order valence-corrected chi connectivity index (χ3v) is 2.97. The van der Waals surface area contributed by atoms with E-state index in [1.807, 2.05) is 0 Å². The van der Waals surface area contributed by atoms with E-state index < -0.39 is 18.6 Å². The first kappa shape index (κ1) is 14.5. The first-order valence-electron chi connectivity index (χ1n) is 6.34.